The van der Waals surface area contributed by atoms with E-state index >= 15 is 0 Å². The van der Waals surface area contributed by atoms with Crippen LogP contribution in [0.4, 0.5) is 0 Å². The topological polar surface area (TPSA) is 81.7 Å². The van der Waals surface area contributed by atoms with Gasteiger partial charge in [-0.3, -0.25) is 4.79 Å². The van der Waals surface area contributed by atoms with Crippen molar-refractivity contribution in [3.63, 3.8) is 0 Å². The summed E-state index contributed by atoms with van der Waals surface area (Å²) in [5.74, 6) is -0.222. The van der Waals surface area contributed by atoms with E-state index in [1.807, 2.05) is 6.92 Å². The third-order valence-corrected chi connectivity index (χ3v) is 6.42. The average Bonchev–Trinajstić information content (AvgIpc) is 2.63. The molecule has 1 fully saturated rings. The minimum absolute atomic E-state index is 0.121. The smallest absolute Gasteiger partial charge is 0.251 e. The van der Waals surface area contributed by atoms with Gasteiger partial charge in [-0.05, 0) is 51.1 Å². The van der Waals surface area contributed by atoms with Crippen molar-refractivity contribution in [2.75, 3.05) is 52.9 Å². The first-order valence-electron chi connectivity index (χ1n) is 9.63. The van der Waals surface area contributed by atoms with Gasteiger partial charge in [0.1, 0.15) is 0 Å². The van der Waals surface area contributed by atoms with E-state index in [4.69, 9.17) is 0 Å². The van der Waals surface area contributed by atoms with Gasteiger partial charge in [-0.2, -0.15) is 0 Å². The number of likely N-dealkylation sites (N-methyl/N-ethyl adjacent to an activating group) is 1. The van der Waals surface area contributed by atoms with Crippen molar-refractivity contribution >= 4 is 15.9 Å². The van der Waals surface area contributed by atoms with Gasteiger partial charge < -0.3 is 15.1 Å². The van der Waals surface area contributed by atoms with Gasteiger partial charge in [0.2, 0.25) is 10.0 Å². The maximum Gasteiger partial charge on any atom is 0.251 e. The van der Waals surface area contributed by atoms with Crippen LogP contribution in [-0.2, 0) is 10.0 Å². The van der Waals surface area contributed by atoms with Crippen molar-refractivity contribution in [2.45, 2.75) is 31.6 Å². The number of sulfonamides is 1. The zero-order valence-electron chi connectivity index (χ0n) is 16.6. The van der Waals surface area contributed by atoms with E-state index in [1.54, 1.807) is 13.0 Å². The van der Waals surface area contributed by atoms with Crippen molar-refractivity contribution in [3.05, 3.63) is 29.3 Å². The number of nitrogens with zero attached hydrogens (tertiary/aromatic N) is 2. The second-order valence-electron chi connectivity index (χ2n) is 7.09. The van der Waals surface area contributed by atoms with Crippen LogP contribution in [0.3, 0.4) is 0 Å². The Hall–Kier alpha value is -1.48. The fourth-order valence-corrected chi connectivity index (χ4v) is 4.18. The Morgan fingerprint density at radius 2 is 1.85 bits per heavy atom. The molecule has 1 aromatic rings. The summed E-state index contributed by atoms with van der Waals surface area (Å²) in [6.07, 6.45) is 1.95. The third kappa shape index (κ3) is 6.57. The summed E-state index contributed by atoms with van der Waals surface area (Å²) in [6.45, 7) is 9.93. The highest BCUT2D eigenvalue weighted by Gasteiger charge is 2.17. The number of nitrogens with one attached hydrogen (secondary N) is 2. The molecule has 0 aliphatic carbocycles. The normalized spacial score (nSPS) is 16.4. The zero-order chi connectivity index (χ0) is 19.9. The number of aryl methyl sites for hydroxylation is 1. The lowest BCUT2D eigenvalue weighted by Gasteiger charge is -2.32. The molecule has 7 nitrogen and oxygen atoms in total. The number of rotatable bonds is 9. The fourth-order valence-electron chi connectivity index (χ4n) is 3.12. The molecule has 1 aliphatic rings. The molecule has 27 heavy (non-hydrogen) atoms. The van der Waals surface area contributed by atoms with E-state index in [9.17, 15) is 13.2 Å². The fraction of sp³-hybridized carbons (Fsp3) is 0.632. The van der Waals surface area contributed by atoms with Crippen molar-refractivity contribution < 1.29 is 13.2 Å². The number of carbonyl (C=O) groups is 1. The Bertz CT molecular complexity index is 728. The van der Waals surface area contributed by atoms with Gasteiger partial charge in [0.15, 0.2) is 0 Å². The maximum absolute atomic E-state index is 12.5. The summed E-state index contributed by atoms with van der Waals surface area (Å²) < 4.78 is 26.7. The van der Waals surface area contributed by atoms with Crippen LogP contribution in [0.5, 0.6) is 0 Å². The van der Waals surface area contributed by atoms with Gasteiger partial charge in [0.05, 0.1) is 4.90 Å². The van der Waals surface area contributed by atoms with Crippen molar-refractivity contribution in [2.24, 2.45) is 0 Å². The van der Waals surface area contributed by atoms with Crippen LogP contribution in [0.1, 0.15) is 35.7 Å². The highest BCUT2D eigenvalue weighted by molar-refractivity contribution is 7.89. The minimum atomic E-state index is -3.57. The maximum atomic E-state index is 12.5. The molecule has 2 N–H and O–H groups in total. The number of carbonyl (C=O) groups excluding carboxylic acids is 1. The number of benzene rings is 1. The van der Waals surface area contributed by atoms with Crippen LogP contribution < -0.4 is 10.0 Å². The predicted molar refractivity (Wildman–Crippen MR) is 108 cm³/mol. The Morgan fingerprint density at radius 1 is 1.15 bits per heavy atom. The van der Waals surface area contributed by atoms with Crippen LogP contribution in [0, 0.1) is 6.92 Å². The summed E-state index contributed by atoms with van der Waals surface area (Å²) >= 11 is 0. The summed E-state index contributed by atoms with van der Waals surface area (Å²) in [7, 11) is -1.42. The van der Waals surface area contributed by atoms with E-state index in [2.05, 4.69) is 26.9 Å². The number of unbranched alkanes of at least 4 members (excludes halogenated alkanes) is 1. The number of hydrogen-bond donors (Lipinski definition) is 2. The third-order valence-electron chi connectivity index (χ3n) is 4.88. The van der Waals surface area contributed by atoms with Crippen LogP contribution in [0.2, 0.25) is 0 Å². The molecule has 1 aliphatic heterocycles. The van der Waals surface area contributed by atoms with Crippen LogP contribution in [-0.4, -0.2) is 77.0 Å². The standard InChI is InChI=1S/C19H32N4O3S/c1-4-21-27(25,26)17-8-7-16(2)18(15-17)19(24)20-9-5-6-10-23-13-11-22(3)12-14-23/h7-8,15,21H,4-6,9-14H2,1-3H3,(H,20,24). The molecule has 0 radical (unpaired) electrons. The molecule has 152 valence electrons. The lowest BCUT2D eigenvalue weighted by Crippen LogP contribution is -2.44. The minimum Gasteiger partial charge on any atom is -0.352 e. The number of amides is 1. The van der Waals surface area contributed by atoms with E-state index in [1.165, 1.54) is 12.1 Å². The first-order chi connectivity index (χ1) is 12.8. The lowest BCUT2D eigenvalue weighted by molar-refractivity contribution is 0.0951. The first-order valence-corrected chi connectivity index (χ1v) is 11.1. The predicted octanol–water partition coefficient (Wildman–Crippen LogP) is 1.05. The van der Waals surface area contributed by atoms with Gasteiger partial charge in [0, 0.05) is 44.8 Å². The van der Waals surface area contributed by atoms with Gasteiger partial charge in [-0.15, -0.1) is 0 Å². The highest BCUT2D eigenvalue weighted by Crippen LogP contribution is 2.15. The molecule has 0 spiro atoms. The molecule has 8 heteroatoms. The Balaban J connectivity index is 1.81. The van der Waals surface area contributed by atoms with Crippen LogP contribution in [0.25, 0.3) is 0 Å². The van der Waals surface area contributed by atoms with Crippen molar-refractivity contribution in [1.82, 2.24) is 19.8 Å². The average molecular weight is 397 g/mol. The molecule has 1 saturated heterocycles. The molecule has 1 amide bonds. The molecule has 0 unspecified atom stereocenters. The summed E-state index contributed by atoms with van der Waals surface area (Å²) in [4.78, 5) is 17.4. The molecule has 1 heterocycles. The summed E-state index contributed by atoms with van der Waals surface area (Å²) in [5.41, 5.74) is 1.17. The van der Waals surface area contributed by atoms with Gasteiger partial charge >= 0.3 is 0 Å². The van der Waals surface area contributed by atoms with Crippen molar-refractivity contribution in [3.8, 4) is 0 Å². The number of piperazine rings is 1. The van der Waals surface area contributed by atoms with Crippen molar-refractivity contribution in [1.29, 1.82) is 0 Å². The molecule has 0 saturated carbocycles. The second kappa shape index (κ2) is 10.2. The quantitative estimate of drug-likeness (QED) is 0.610. The number of hydrogen-bond acceptors (Lipinski definition) is 5. The Kier molecular flexibility index (Phi) is 8.22. The second-order valence-corrected chi connectivity index (χ2v) is 8.85. The van der Waals surface area contributed by atoms with Gasteiger partial charge in [-0.1, -0.05) is 13.0 Å². The van der Waals surface area contributed by atoms with E-state index < -0.39 is 10.0 Å². The first kappa shape index (κ1) is 21.8. The summed E-state index contributed by atoms with van der Waals surface area (Å²) in [6, 6.07) is 4.65. The van der Waals surface area contributed by atoms with E-state index in [0.717, 1.165) is 51.1 Å². The van der Waals surface area contributed by atoms with E-state index in [-0.39, 0.29) is 10.8 Å². The highest BCUT2D eigenvalue weighted by atomic mass is 32.2. The molecule has 2 rings (SSSR count). The van der Waals surface area contributed by atoms with Crippen LogP contribution >= 0.6 is 0 Å². The molecule has 1 aromatic carbocycles. The molecule has 0 aromatic heterocycles. The van der Waals surface area contributed by atoms with E-state index in [0.29, 0.717) is 18.7 Å². The molecule has 0 atom stereocenters. The van der Waals surface area contributed by atoms with Crippen LogP contribution in [0.15, 0.2) is 23.1 Å². The molecular formula is C19H32N4O3S. The monoisotopic (exact) mass is 396 g/mol. The Labute approximate surface area is 163 Å². The molecular weight excluding hydrogens is 364 g/mol. The molecule has 0 bridgehead atoms. The SMILES string of the molecule is CCNS(=O)(=O)c1ccc(C)c(C(=O)NCCCCN2CCN(C)CC2)c1. The van der Waals surface area contributed by atoms with Gasteiger partial charge in [0.25, 0.3) is 5.91 Å². The van der Waals surface area contributed by atoms with Gasteiger partial charge in [-0.25, -0.2) is 13.1 Å². The summed E-state index contributed by atoms with van der Waals surface area (Å²) in [5, 5.41) is 2.91. The Morgan fingerprint density at radius 3 is 2.52 bits per heavy atom. The largest absolute Gasteiger partial charge is 0.352 e. The lowest BCUT2D eigenvalue weighted by atomic mass is 10.1. The zero-order valence-corrected chi connectivity index (χ0v) is 17.4.